The van der Waals surface area contributed by atoms with Gasteiger partial charge < -0.3 is 15.0 Å². The van der Waals surface area contributed by atoms with E-state index in [0.717, 1.165) is 6.07 Å². The third-order valence-electron chi connectivity index (χ3n) is 3.79. The molecule has 0 radical (unpaired) electrons. The van der Waals surface area contributed by atoms with E-state index in [4.69, 9.17) is 4.74 Å². The van der Waals surface area contributed by atoms with Crippen LogP contribution in [0.5, 0.6) is 0 Å². The summed E-state index contributed by atoms with van der Waals surface area (Å²) in [5.74, 6) is -1.81. The Morgan fingerprint density at radius 2 is 1.89 bits per heavy atom. The van der Waals surface area contributed by atoms with Crippen LogP contribution in [0.3, 0.4) is 0 Å². The number of hydrogen-bond donors (Lipinski definition) is 1. The number of carbonyl (C=O) groups is 2. The Morgan fingerprint density at radius 1 is 1.22 bits per heavy atom. The first-order valence-electron chi connectivity index (χ1n) is 8.06. The van der Waals surface area contributed by atoms with Crippen molar-refractivity contribution in [3.8, 4) is 0 Å². The van der Waals surface area contributed by atoms with Crippen molar-refractivity contribution in [3.05, 3.63) is 64.0 Å². The standard InChI is InChI=1S/C18H18FN3O5/c1-3-21(13-6-4-12(19)5-7-13)17(23)11-27-18(24)15-10-14(22(25)26)8-9-16(15)20-2/h4-10,20H,3,11H2,1-2H3. The van der Waals surface area contributed by atoms with Gasteiger partial charge in [0.15, 0.2) is 6.61 Å². The lowest BCUT2D eigenvalue weighted by molar-refractivity contribution is -0.384. The molecule has 1 N–H and O–H groups in total. The molecule has 142 valence electrons. The second-order valence-corrected chi connectivity index (χ2v) is 5.43. The number of esters is 1. The van der Waals surface area contributed by atoms with Crippen LogP contribution in [0.1, 0.15) is 17.3 Å². The molecule has 1 amide bonds. The van der Waals surface area contributed by atoms with Crippen LogP contribution in [0, 0.1) is 15.9 Å². The van der Waals surface area contributed by atoms with Crippen molar-refractivity contribution in [1.29, 1.82) is 0 Å². The molecule has 0 unspecified atom stereocenters. The van der Waals surface area contributed by atoms with Crippen molar-refractivity contribution < 1.29 is 23.6 Å². The van der Waals surface area contributed by atoms with Gasteiger partial charge in [-0.3, -0.25) is 14.9 Å². The van der Waals surface area contributed by atoms with Crippen LogP contribution >= 0.6 is 0 Å². The number of nitrogens with zero attached hydrogens (tertiary/aromatic N) is 2. The molecule has 0 heterocycles. The van der Waals surface area contributed by atoms with Crippen LogP contribution in [-0.2, 0) is 9.53 Å². The largest absolute Gasteiger partial charge is 0.452 e. The number of anilines is 2. The van der Waals surface area contributed by atoms with Crippen LogP contribution in [0.2, 0.25) is 0 Å². The number of rotatable bonds is 7. The average molecular weight is 375 g/mol. The summed E-state index contributed by atoms with van der Waals surface area (Å²) >= 11 is 0. The number of halogens is 1. The lowest BCUT2D eigenvalue weighted by Crippen LogP contribution is -2.34. The minimum Gasteiger partial charge on any atom is -0.452 e. The number of amides is 1. The third kappa shape index (κ3) is 4.78. The predicted octanol–water partition coefficient (Wildman–Crippen LogP) is 2.99. The summed E-state index contributed by atoms with van der Waals surface area (Å²) in [4.78, 5) is 36.2. The molecule has 0 atom stereocenters. The molecule has 8 nitrogen and oxygen atoms in total. The first-order valence-corrected chi connectivity index (χ1v) is 8.06. The summed E-state index contributed by atoms with van der Waals surface area (Å²) < 4.78 is 18.1. The number of ether oxygens (including phenoxy) is 1. The normalized spacial score (nSPS) is 10.2. The summed E-state index contributed by atoms with van der Waals surface area (Å²) in [7, 11) is 1.55. The number of likely N-dealkylation sites (N-methyl/N-ethyl adjacent to an activating group) is 1. The van der Waals surface area contributed by atoms with Gasteiger partial charge >= 0.3 is 5.97 Å². The number of benzene rings is 2. The summed E-state index contributed by atoms with van der Waals surface area (Å²) in [6.07, 6.45) is 0. The van der Waals surface area contributed by atoms with Gasteiger partial charge in [-0.15, -0.1) is 0 Å². The summed E-state index contributed by atoms with van der Waals surface area (Å²) in [5, 5.41) is 13.6. The zero-order chi connectivity index (χ0) is 20.0. The maximum absolute atomic E-state index is 13.0. The number of non-ortho nitro benzene ring substituents is 1. The topological polar surface area (TPSA) is 102 Å². The molecule has 0 fully saturated rings. The highest BCUT2D eigenvalue weighted by Gasteiger charge is 2.20. The van der Waals surface area contributed by atoms with E-state index in [1.165, 1.54) is 41.3 Å². The number of nitrogens with one attached hydrogen (secondary N) is 1. The second-order valence-electron chi connectivity index (χ2n) is 5.43. The van der Waals surface area contributed by atoms with Crippen LogP contribution < -0.4 is 10.2 Å². The van der Waals surface area contributed by atoms with Crippen LogP contribution in [0.15, 0.2) is 42.5 Å². The first-order chi connectivity index (χ1) is 12.9. The molecule has 27 heavy (non-hydrogen) atoms. The SMILES string of the molecule is CCN(C(=O)COC(=O)c1cc([N+](=O)[O-])ccc1NC)c1ccc(F)cc1. The minimum atomic E-state index is -0.869. The van der Waals surface area contributed by atoms with Gasteiger partial charge in [0.1, 0.15) is 5.82 Å². The van der Waals surface area contributed by atoms with E-state index in [1.54, 1.807) is 14.0 Å². The Kier molecular flexibility index (Phi) is 6.42. The van der Waals surface area contributed by atoms with Gasteiger partial charge in [0, 0.05) is 37.1 Å². The smallest absolute Gasteiger partial charge is 0.341 e. The molecule has 9 heteroatoms. The average Bonchev–Trinajstić information content (AvgIpc) is 2.67. The van der Waals surface area contributed by atoms with Crippen molar-refractivity contribution >= 4 is 28.9 Å². The summed E-state index contributed by atoms with van der Waals surface area (Å²) in [5.41, 5.74) is 0.480. The maximum Gasteiger partial charge on any atom is 0.341 e. The summed E-state index contributed by atoms with van der Waals surface area (Å²) in [6, 6.07) is 9.04. The van der Waals surface area contributed by atoms with E-state index >= 15 is 0 Å². The number of nitro groups is 1. The lowest BCUT2D eigenvalue weighted by Gasteiger charge is -2.21. The molecular formula is C18H18FN3O5. The van der Waals surface area contributed by atoms with Crippen molar-refractivity contribution in [2.24, 2.45) is 0 Å². The molecule has 0 aliphatic heterocycles. The Balaban J connectivity index is 2.12. The fourth-order valence-corrected chi connectivity index (χ4v) is 2.44. The zero-order valence-corrected chi connectivity index (χ0v) is 14.8. The van der Waals surface area contributed by atoms with Crippen molar-refractivity contribution in [1.82, 2.24) is 0 Å². The van der Waals surface area contributed by atoms with E-state index in [0.29, 0.717) is 17.9 Å². The summed E-state index contributed by atoms with van der Waals surface area (Å²) in [6.45, 7) is 1.46. The highest BCUT2D eigenvalue weighted by molar-refractivity contribution is 5.99. The van der Waals surface area contributed by atoms with E-state index in [-0.39, 0.29) is 11.3 Å². The Morgan fingerprint density at radius 3 is 2.44 bits per heavy atom. The molecule has 0 saturated heterocycles. The minimum absolute atomic E-state index is 0.0515. The molecule has 0 bridgehead atoms. The molecule has 2 rings (SSSR count). The highest BCUT2D eigenvalue weighted by atomic mass is 19.1. The fourth-order valence-electron chi connectivity index (χ4n) is 2.44. The molecule has 0 aromatic heterocycles. The number of carbonyl (C=O) groups excluding carboxylic acids is 2. The zero-order valence-electron chi connectivity index (χ0n) is 14.8. The predicted molar refractivity (Wildman–Crippen MR) is 97.4 cm³/mol. The Labute approximate surface area is 154 Å². The molecular weight excluding hydrogens is 357 g/mol. The second kappa shape index (κ2) is 8.75. The first kappa shape index (κ1) is 19.8. The Hall–Kier alpha value is -3.49. The van der Waals surface area contributed by atoms with Gasteiger partial charge in [0.05, 0.1) is 10.5 Å². The van der Waals surface area contributed by atoms with E-state index in [9.17, 15) is 24.1 Å². The quantitative estimate of drug-likeness (QED) is 0.453. The lowest BCUT2D eigenvalue weighted by atomic mass is 10.1. The van der Waals surface area contributed by atoms with Gasteiger partial charge in [-0.2, -0.15) is 0 Å². The highest BCUT2D eigenvalue weighted by Crippen LogP contribution is 2.23. The van der Waals surface area contributed by atoms with E-state index in [2.05, 4.69) is 5.32 Å². The molecule has 0 spiro atoms. The van der Waals surface area contributed by atoms with Gasteiger partial charge in [-0.25, -0.2) is 9.18 Å². The van der Waals surface area contributed by atoms with E-state index < -0.39 is 29.2 Å². The van der Waals surface area contributed by atoms with Crippen LogP contribution in [0.25, 0.3) is 0 Å². The molecule has 0 aliphatic rings. The van der Waals surface area contributed by atoms with Crippen molar-refractivity contribution in [3.63, 3.8) is 0 Å². The molecule has 2 aromatic carbocycles. The third-order valence-corrected chi connectivity index (χ3v) is 3.79. The van der Waals surface area contributed by atoms with Crippen molar-refractivity contribution in [2.45, 2.75) is 6.92 Å². The van der Waals surface area contributed by atoms with Gasteiger partial charge in [0.25, 0.3) is 11.6 Å². The maximum atomic E-state index is 13.0. The van der Waals surface area contributed by atoms with Gasteiger partial charge in [-0.05, 0) is 37.3 Å². The Bertz CT molecular complexity index is 855. The molecule has 2 aromatic rings. The van der Waals surface area contributed by atoms with E-state index in [1.807, 2.05) is 0 Å². The van der Waals surface area contributed by atoms with Gasteiger partial charge in [-0.1, -0.05) is 0 Å². The van der Waals surface area contributed by atoms with Crippen LogP contribution in [0.4, 0.5) is 21.5 Å². The number of nitro benzene ring substituents is 1. The number of hydrogen-bond acceptors (Lipinski definition) is 6. The van der Waals surface area contributed by atoms with Crippen molar-refractivity contribution in [2.75, 3.05) is 30.4 Å². The monoisotopic (exact) mass is 375 g/mol. The van der Waals surface area contributed by atoms with Gasteiger partial charge in [0.2, 0.25) is 0 Å². The molecule has 0 saturated carbocycles. The van der Waals surface area contributed by atoms with Crippen LogP contribution in [-0.4, -0.2) is 37.0 Å². The molecule has 0 aliphatic carbocycles. The fraction of sp³-hybridized carbons (Fsp3) is 0.222.